The van der Waals surface area contributed by atoms with Gasteiger partial charge in [-0.25, -0.2) is 9.97 Å². The summed E-state index contributed by atoms with van der Waals surface area (Å²) in [4.78, 5) is 23.9. The molecule has 2 aromatic heterocycles. The van der Waals surface area contributed by atoms with E-state index in [0.29, 0.717) is 23.2 Å². The van der Waals surface area contributed by atoms with Crippen LogP contribution in [0.5, 0.6) is 0 Å². The van der Waals surface area contributed by atoms with Crippen molar-refractivity contribution in [3.63, 3.8) is 0 Å². The highest BCUT2D eigenvalue weighted by atomic mass is 32.1. The first-order valence-electron chi connectivity index (χ1n) is 9.42. The van der Waals surface area contributed by atoms with E-state index in [1.165, 1.54) is 19.3 Å². The van der Waals surface area contributed by atoms with Gasteiger partial charge in [0.05, 0.1) is 17.7 Å². The highest BCUT2D eigenvalue weighted by Crippen LogP contribution is 2.66. The summed E-state index contributed by atoms with van der Waals surface area (Å²) in [6.07, 6.45) is 11.1. The number of carbonyl (C=O) groups is 1. The molecule has 132 valence electrons. The molecule has 3 fully saturated rings. The third-order valence-electron chi connectivity index (χ3n) is 6.57. The van der Waals surface area contributed by atoms with E-state index in [0.717, 1.165) is 50.4 Å². The van der Waals surface area contributed by atoms with Gasteiger partial charge in [-0.3, -0.25) is 4.79 Å². The second-order valence-electron chi connectivity index (χ2n) is 7.97. The van der Waals surface area contributed by atoms with Crippen LogP contribution in [0.25, 0.3) is 0 Å². The lowest BCUT2D eigenvalue weighted by Crippen LogP contribution is -2.40. The maximum absolute atomic E-state index is 12.7. The van der Waals surface area contributed by atoms with Crippen molar-refractivity contribution in [2.24, 2.45) is 11.3 Å². The van der Waals surface area contributed by atoms with E-state index in [2.05, 4.69) is 31.0 Å². The topological polar surface area (TPSA) is 51.0 Å². The van der Waals surface area contributed by atoms with Gasteiger partial charge in [0.15, 0.2) is 0 Å². The van der Waals surface area contributed by atoms with E-state index < -0.39 is 0 Å². The van der Waals surface area contributed by atoms with Crippen molar-refractivity contribution in [1.29, 1.82) is 0 Å². The van der Waals surface area contributed by atoms with Crippen molar-refractivity contribution in [2.45, 2.75) is 51.0 Å². The Balaban J connectivity index is 1.21. The molecule has 5 nitrogen and oxygen atoms in total. The molecular formula is C19H24N4OS. The monoisotopic (exact) mass is 356 g/mol. The number of imidazole rings is 1. The molecule has 1 aliphatic heterocycles. The van der Waals surface area contributed by atoms with Crippen molar-refractivity contribution in [1.82, 2.24) is 19.4 Å². The Morgan fingerprint density at radius 1 is 1.28 bits per heavy atom. The predicted molar refractivity (Wildman–Crippen MR) is 96.4 cm³/mol. The molecule has 1 spiro atoms. The molecule has 3 aliphatic rings. The zero-order valence-electron chi connectivity index (χ0n) is 14.4. The molecule has 1 atom stereocenters. The number of rotatable bonds is 4. The summed E-state index contributed by atoms with van der Waals surface area (Å²) < 4.78 is 2.22. The van der Waals surface area contributed by atoms with Gasteiger partial charge >= 0.3 is 0 Å². The molecule has 25 heavy (non-hydrogen) atoms. The molecule has 1 amide bonds. The van der Waals surface area contributed by atoms with Crippen LogP contribution in [0.1, 0.15) is 56.0 Å². The SMILES string of the molecule is O=C(C1CC12CCC2)N1CCC(c2nccn2Cc2cscn2)CC1. The summed E-state index contributed by atoms with van der Waals surface area (Å²) in [5.41, 5.74) is 3.41. The van der Waals surface area contributed by atoms with Crippen LogP contribution in [0, 0.1) is 11.3 Å². The van der Waals surface area contributed by atoms with Gasteiger partial charge in [0, 0.05) is 42.7 Å². The van der Waals surface area contributed by atoms with Gasteiger partial charge in [-0.15, -0.1) is 11.3 Å². The van der Waals surface area contributed by atoms with Gasteiger partial charge in [0.2, 0.25) is 5.91 Å². The summed E-state index contributed by atoms with van der Waals surface area (Å²) in [6.45, 7) is 2.57. The van der Waals surface area contributed by atoms with Gasteiger partial charge in [-0.1, -0.05) is 6.42 Å². The molecule has 0 bridgehead atoms. The zero-order chi connectivity index (χ0) is 16.9. The van der Waals surface area contributed by atoms with Gasteiger partial charge in [0.1, 0.15) is 5.82 Å². The Bertz CT molecular complexity index is 756. The maximum atomic E-state index is 12.7. The first-order valence-corrected chi connectivity index (χ1v) is 10.4. The van der Waals surface area contributed by atoms with Crippen LogP contribution >= 0.6 is 11.3 Å². The van der Waals surface area contributed by atoms with Crippen molar-refractivity contribution >= 4 is 17.2 Å². The smallest absolute Gasteiger partial charge is 0.226 e. The van der Waals surface area contributed by atoms with Crippen molar-refractivity contribution in [2.75, 3.05) is 13.1 Å². The molecule has 2 aromatic rings. The molecule has 2 aliphatic carbocycles. The zero-order valence-corrected chi connectivity index (χ0v) is 15.2. The standard InChI is InChI=1S/C19H24N4OS/c24-18(16-10-19(16)4-1-5-19)22-7-2-14(3-8-22)17-20-6-9-23(17)11-15-12-25-13-21-15/h6,9,12-14,16H,1-5,7-8,10-11H2. The molecule has 0 N–H and O–H groups in total. The first kappa shape index (κ1) is 15.6. The van der Waals surface area contributed by atoms with Crippen LogP contribution in [-0.4, -0.2) is 38.4 Å². The molecule has 3 heterocycles. The second kappa shape index (κ2) is 5.94. The molecule has 1 unspecified atom stereocenters. The Labute approximate surface area is 152 Å². The molecule has 0 radical (unpaired) electrons. The van der Waals surface area contributed by atoms with E-state index in [4.69, 9.17) is 0 Å². The lowest BCUT2D eigenvalue weighted by Gasteiger charge is -2.34. The Morgan fingerprint density at radius 3 is 2.76 bits per heavy atom. The lowest BCUT2D eigenvalue weighted by molar-refractivity contribution is -0.135. The molecule has 0 aromatic carbocycles. The van der Waals surface area contributed by atoms with Gasteiger partial charge in [-0.05, 0) is 37.5 Å². The highest BCUT2D eigenvalue weighted by molar-refractivity contribution is 7.07. The molecule has 6 heteroatoms. The van der Waals surface area contributed by atoms with E-state index in [1.54, 1.807) is 11.3 Å². The summed E-state index contributed by atoms with van der Waals surface area (Å²) in [6, 6.07) is 0. The van der Waals surface area contributed by atoms with Crippen LogP contribution in [0.2, 0.25) is 0 Å². The normalized spacial score (nSPS) is 25.1. The van der Waals surface area contributed by atoms with E-state index in [-0.39, 0.29) is 0 Å². The number of amides is 1. The fourth-order valence-corrected chi connectivity index (χ4v) is 5.31. The fourth-order valence-electron chi connectivity index (χ4n) is 4.76. The van der Waals surface area contributed by atoms with Crippen LogP contribution in [-0.2, 0) is 11.3 Å². The maximum Gasteiger partial charge on any atom is 0.226 e. The average Bonchev–Trinajstić information content (AvgIpc) is 2.91. The van der Waals surface area contributed by atoms with Gasteiger partial charge in [0.25, 0.3) is 0 Å². The van der Waals surface area contributed by atoms with Crippen molar-refractivity contribution < 1.29 is 4.79 Å². The number of aromatic nitrogens is 3. The Morgan fingerprint density at radius 2 is 2.12 bits per heavy atom. The average molecular weight is 356 g/mol. The third kappa shape index (κ3) is 2.71. The minimum atomic E-state index is 0.351. The van der Waals surface area contributed by atoms with Gasteiger partial charge < -0.3 is 9.47 Å². The number of thiazole rings is 1. The minimum absolute atomic E-state index is 0.351. The van der Waals surface area contributed by atoms with E-state index in [9.17, 15) is 4.79 Å². The summed E-state index contributed by atoms with van der Waals surface area (Å²) in [5, 5.41) is 2.09. The molecular weight excluding hydrogens is 332 g/mol. The second-order valence-corrected chi connectivity index (χ2v) is 8.68. The number of hydrogen-bond donors (Lipinski definition) is 0. The first-order chi connectivity index (χ1) is 12.3. The van der Waals surface area contributed by atoms with E-state index in [1.807, 2.05) is 11.7 Å². The van der Waals surface area contributed by atoms with Crippen LogP contribution in [0.3, 0.4) is 0 Å². The van der Waals surface area contributed by atoms with Crippen molar-refractivity contribution in [3.05, 3.63) is 34.8 Å². The number of hydrogen-bond acceptors (Lipinski definition) is 4. The van der Waals surface area contributed by atoms with Crippen LogP contribution in [0.4, 0.5) is 0 Å². The third-order valence-corrected chi connectivity index (χ3v) is 7.21. The highest BCUT2D eigenvalue weighted by Gasteiger charge is 2.61. The van der Waals surface area contributed by atoms with Crippen molar-refractivity contribution in [3.8, 4) is 0 Å². The summed E-state index contributed by atoms with van der Waals surface area (Å²) >= 11 is 1.63. The quantitative estimate of drug-likeness (QED) is 0.845. The number of likely N-dealkylation sites (tertiary alicyclic amines) is 1. The fraction of sp³-hybridized carbons (Fsp3) is 0.632. The lowest BCUT2D eigenvalue weighted by atomic mass is 9.79. The van der Waals surface area contributed by atoms with Gasteiger partial charge in [-0.2, -0.15) is 0 Å². The number of piperidine rings is 1. The Hall–Kier alpha value is -1.69. The molecule has 2 saturated carbocycles. The number of nitrogens with zero attached hydrogens (tertiary/aromatic N) is 4. The predicted octanol–water partition coefficient (Wildman–Crippen LogP) is 3.28. The summed E-state index contributed by atoms with van der Waals surface area (Å²) in [5.74, 6) is 2.39. The van der Waals surface area contributed by atoms with Crippen LogP contribution in [0.15, 0.2) is 23.3 Å². The molecule has 1 saturated heterocycles. The van der Waals surface area contributed by atoms with Crippen LogP contribution < -0.4 is 0 Å². The Kier molecular flexibility index (Phi) is 3.69. The molecule has 5 rings (SSSR count). The minimum Gasteiger partial charge on any atom is -0.342 e. The summed E-state index contributed by atoms with van der Waals surface area (Å²) in [7, 11) is 0. The largest absolute Gasteiger partial charge is 0.342 e. The van der Waals surface area contributed by atoms with E-state index >= 15 is 0 Å². The number of carbonyl (C=O) groups excluding carboxylic acids is 1.